The van der Waals surface area contributed by atoms with Crippen LogP contribution in [0.2, 0.25) is 0 Å². The van der Waals surface area contributed by atoms with Crippen LogP contribution in [-0.4, -0.2) is 31.7 Å². The second-order valence-corrected chi connectivity index (χ2v) is 9.37. The Hall–Kier alpha value is -2.46. The van der Waals surface area contributed by atoms with Gasteiger partial charge in [-0.2, -0.15) is 17.5 Å². The number of carbonyl (C=O) groups is 1. The third-order valence-electron chi connectivity index (χ3n) is 5.35. The van der Waals surface area contributed by atoms with Crippen LogP contribution in [0.1, 0.15) is 36.9 Å². The molecule has 1 atom stereocenters. The highest BCUT2D eigenvalue weighted by atomic mass is 32.2. The predicted molar refractivity (Wildman–Crippen MR) is 106 cm³/mol. The topological polar surface area (TPSA) is 66.5 Å². The average Bonchev–Trinajstić information content (AvgIpc) is 2.73. The Bertz CT molecular complexity index is 1050. The minimum Gasteiger partial charge on any atom is -0.349 e. The summed E-state index contributed by atoms with van der Waals surface area (Å²) < 4.78 is 79.1. The van der Waals surface area contributed by atoms with E-state index in [1.807, 2.05) is 0 Å². The minimum absolute atomic E-state index is 0.0483. The van der Waals surface area contributed by atoms with Crippen LogP contribution in [0.3, 0.4) is 0 Å². The Kier molecular flexibility index (Phi) is 6.70. The molecule has 0 saturated carbocycles. The summed E-state index contributed by atoms with van der Waals surface area (Å²) in [6.07, 6.45) is -4.01. The molecule has 1 heterocycles. The van der Waals surface area contributed by atoms with Gasteiger partial charge in [-0.15, -0.1) is 0 Å². The molecular formula is C21H22F4N2O3S. The highest BCUT2D eigenvalue weighted by Crippen LogP contribution is 2.31. The largest absolute Gasteiger partial charge is 0.416 e. The number of halogens is 4. The van der Waals surface area contributed by atoms with Gasteiger partial charge in [-0.1, -0.05) is 24.3 Å². The molecule has 1 saturated heterocycles. The summed E-state index contributed by atoms with van der Waals surface area (Å²) in [6.45, 7) is 1.69. The van der Waals surface area contributed by atoms with Crippen LogP contribution in [0.4, 0.5) is 17.6 Å². The standard InChI is InChI=1S/C21H22F4N2O3S/c1-14(16-5-4-6-17(13-16)21(23,24)25)26-20(28)15-9-11-27(12-10-15)31(29,30)19-8-3-2-7-18(19)22/h2-8,13-15H,9-12H2,1H3,(H,26,28). The molecule has 1 amide bonds. The van der Waals surface area contributed by atoms with E-state index in [9.17, 15) is 30.8 Å². The van der Waals surface area contributed by atoms with Crippen molar-refractivity contribution in [3.63, 3.8) is 0 Å². The fourth-order valence-corrected chi connectivity index (χ4v) is 5.08. The Morgan fingerprint density at radius 1 is 1.10 bits per heavy atom. The van der Waals surface area contributed by atoms with Crippen LogP contribution < -0.4 is 5.32 Å². The molecule has 1 unspecified atom stereocenters. The molecule has 2 aromatic rings. The summed E-state index contributed by atoms with van der Waals surface area (Å²) in [7, 11) is -4.01. The van der Waals surface area contributed by atoms with Gasteiger partial charge in [0.1, 0.15) is 10.7 Å². The number of piperidine rings is 1. The number of amides is 1. The molecule has 1 N–H and O–H groups in total. The van der Waals surface area contributed by atoms with Crippen molar-refractivity contribution in [3.05, 3.63) is 65.5 Å². The van der Waals surface area contributed by atoms with Crippen molar-refractivity contribution < 1.29 is 30.8 Å². The van der Waals surface area contributed by atoms with Crippen molar-refractivity contribution in [2.75, 3.05) is 13.1 Å². The van der Waals surface area contributed by atoms with Crippen LogP contribution in [0.25, 0.3) is 0 Å². The van der Waals surface area contributed by atoms with E-state index in [4.69, 9.17) is 0 Å². The third-order valence-corrected chi connectivity index (χ3v) is 7.28. The molecule has 0 aromatic heterocycles. The molecule has 0 bridgehead atoms. The number of sulfonamides is 1. The number of benzene rings is 2. The summed E-state index contributed by atoms with van der Waals surface area (Å²) in [5.74, 6) is -1.68. The Balaban J connectivity index is 1.61. The summed E-state index contributed by atoms with van der Waals surface area (Å²) in [5, 5.41) is 2.70. The number of nitrogens with one attached hydrogen (secondary N) is 1. The molecule has 0 spiro atoms. The van der Waals surface area contributed by atoms with Crippen molar-refractivity contribution in [3.8, 4) is 0 Å². The van der Waals surface area contributed by atoms with Gasteiger partial charge in [0, 0.05) is 19.0 Å². The quantitative estimate of drug-likeness (QED) is 0.686. The second-order valence-electron chi connectivity index (χ2n) is 7.46. The first-order valence-electron chi connectivity index (χ1n) is 9.72. The summed E-state index contributed by atoms with van der Waals surface area (Å²) >= 11 is 0. The van der Waals surface area contributed by atoms with Gasteiger partial charge in [-0.25, -0.2) is 12.8 Å². The third kappa shape index (κ3) is 5.24. The first kappa shape index (κ1) is 23.2. The van der Waals surface area contributed by atoms with Gasteiger partial charge >= 0.3 is 6.18 Å². The molecule has 168 valence electrons. The van der Waals surface area contributed by atoms with E-state index in [0.717, 1.165) is 22.5 Å². The number of carbonyl (C=O) groups excluding carboxylic acids is 1. The van der Waals surface area contributed by atoms with Gasteiger partial charge in [-0.3, -0.25) is 4.79 Å². The lowest BCUT2D eigenvalue weighted by Gasteiger charge is -2.31. The summed E-state index contributed by atoms with van der Waals surface area (Å²) in [4.78, 5) is 12.2. The lowest BCUT2D eigenvalue weighted by atomic mass is 9.96. The van der Waals surface area contributed by atoms with Gasteiger partial charge < -0.3 is 5.32 Å². The molecule has 0 radical (unpaired) electrons. The molecule has 2 aromatic carbocycles. The molecule has 0 aliphatic carbocycles. The van der Waals surface area contributed by atoms with Gasteiger partial charge in [0.15, 0.2) is 0 Å². The van der Waals surface area contributed by atoms with Crippen LogP contribution in [0.5, 0.6) is 0 Å². The van der Waals surface area contributed by atoms with Gasteiger partial charge in [0.2, 0.25) is 15.9 Å². The molecule has 3 rings (SSSR count). The first-order valence-corrected chi connectivity index (χ1v) is 11.2. The lowest BCUT2D eigenvalue weighted by molar-refractivity contribution is -0.137. The van der Waals surface area contributed by atoms with E-state index < -0.39 is 44.4 Å². The van der Waals surface area contributed by atoms with E-state index in [1.165, 1.54) is 30.3 Å². The number of nitrogens with zero attached hydrogens (tertiary/aromatic N) is 1. The normalized spacial score (nSPS) is 17.3. The maximum Gasteiger partial charge on any atom is 0.416 e. The van der Waals surface area contributed by atoms with E-state index in [-0.39, 0.29) is 31.8 Å². The molecule has 1 aliphatic rings. The molecule has 5 nitrogen and oxygen atoms in total. The van der Waals surface area contributed by atoms with Crippen molar-refractivity contribution in [2.24, 2.45) is 5.92 Å². The SMILES string of the molecule is CC(NC(=O)C1CCN(S(=O)(=O)c2ccccc2F)CC1)c1cccc(C(F)(F)F)c1. The maximum atomic E-state index is 13.9. The zero-order chi connectivity index (χ0) is 22.8. The summed E-state index contributed by atoms with van der Waals surface area (Å²) in [5.41, 5.74) is -0.472. The Morgan fingerprint density at radius 2 is 1.74 bits per heavy atom. The van der Waals surface area contributed by atoms with Crippen LogP contribution in [0.15, 0.2) is 53.4 Å². The highest BCUT2D eigenvalue weighted by Gasteiger charge is 2.34. The van der Waals surface area contributed by atoms with E-state index in [0.29, 0.717) is 5.56 Å². The molecule has 10 heteroatoms. The Morgan fingerprint density at radius 3 is 2.35 bits per heavy atom. The minimum atomic E-state index is -4.48. The van der Waals surface area contributed by atoms with Gasteiger partial charge in [-0.05, 0) is 49.6 Å². The number of hydrogen-bond acceptors (Lipinski definition) is 3. The van der Waals surface area contributed by atoms with Crippen LogP contribution in [0, 0.1) is 11.7 Å². The monoisotopic (exact) mass is 458 g/mol. The van der Waals surface area contributed by atoms with Crippen LogP contribution in [-0.2, 0) is 21.0 Å². The number of alkyl halides is 3. The van der Waals surface area contributed by atoms with Crippen molar-refractivity contribution >= 4 is 15.9 Å². The molecular weight excluding hydrogens is 436 g/mol. The van der Waals surface area contributed by atoms with Gasteiger partial charge in [0.05, 0.1) is 11.6 Å². The molecule has 31 heavy (non-hydrogen) atoms. The van der Waals surface area contributed by atoms with Crippen LogP contribution >= 0.6 is 0 Å². The fourth-order valence-electron chi connectivity index (χ4n) is 3.55. The van der Waals surface area contributed by atoms with Gasteiger partial charge in [0.25, 0.3) is 0 Å². The predicted octanol–water partition coefficient (Wildman–Crippen LogP) is 4.12. The lowest BCUT2D eigenvalue weighted by Crippen LogP contribution is -2.43. The Labute approximate surface area is 178 Å². The average molecular weight is 458 g/mol. The molecule has 1 aliphatic heterocycles. The maximum absolute atomic E-state index is 13.9. The van der Waals surface area contributed by atoms with E-state index in [2.05, 4.69) is 5.32 Å². The fraction of sp³-hybridized carbons (Fsp3) is 0.381. The summed E-state index contributed by atoms with van der Waals surface area (Å²) in [6, 6.07) is 9.20. The number of rotatable bonds is 5. The van der Waals surface area contributed by atoms with E-state index >= 15 is 0 Å². The van der Waals surface area contributed by atoms with E-state index in [1.54, 1.807) is 6.92 Å². The van der Waals surface area contributed by atoms with Crippen molar-refractivity contribution in [2.45, 2.75) is 36.9 Å². The smallest absolute Gasteiger partial charge is 0.349 e. The van der Waals surface area contributed by atoms with Crippen molar-refractivity contribution in [1.82, 2.24) is 9.62 Å². The number of hydrogen-bond donors (Lipinski definition) is 1. The first-order chi connectivity index (χ1) is 14.5. The second kappa shape index (κ2) is 8.96. The zero-order valence-electron chi connectivity index (χ0n) is 16.7. The molecule has 1 fully saturated rings. The zero-order valence-corrected chi connectivity index (χ0v) is 17.5. The van der Waals surface area contributed by atoms with Crippen molar-refractivity contribution in [1.29, 1.82) is 0 Å². The highest BCUT2D eigenvalue weighted by molar-refractivity contribution is 7.89.